The summed E-state index contributed by atoms with van der Waals surface area (Å²) in [5.74, 6) is 2.83. The molecule has 0 unspecified atom stereocenters. The van der Waals surface area contributed by atoms with Crippen molar-refractivity contribution in [1.82, 2.24) is 0 Å². The van der Waals surface area contributed by atoms with Crippen molar-refractivity contribution in [3.05, 3.63) is 6.42 Å². The second kappa shape index (κ2) is 8.17. The quantitative estimate of drug-likeness (QED) is 0.786. The van der Waals surface area contributed by atoms with Crippen LogP contribution in [-0.2, 0) is 4.79 Å². The predicted molar refractivity (Wildman–Crippen MR) is 82.2 cm³/mol. The lowest BCUT2D eigenvalue weighted by Gasteiger charge is -2.32. The Hall–Kier alpha value is -0.370. The van der Waals surface area contributed by atoms with Gasteiger partial charge in [-0.1, -0.05) is 13.3 Å². The van der Waals surface area contributed by atoms with E-state index >= 15 is 0 Å². The average Bonchev–Trinajstić information content (AvgIpc) is 2.47. The maximum absolute atomic E-state index is 11.2. The summed E-state index contributed by atoms with van der Waals surface area (Å²) in [5, 5.41) is 9.62. The number of hydrogen-bond acceptors (Lipinski definition) is 2. The van der Waals surface area contributed by atoms with Gasteiger partial charge in [-0.05, 0) is 75.5 Å². The van der Waals surface area contributed by atoms with Crippen LogP contribution in [0.4, 0.5) is 0 Å². The minimum absolute atomic E-state index is 0.0323. The zero-order valence-corrected chi connectivity index (χ0v) is 13.0. The molecule has 2 aliphatic carbocycles. The van der Waals surface area contributed by atoms with Crippen LogP contribution in [0.25, 0.3) is 0 Å². The van der Waals surface area contributed by atoms with Crippen LogP contribution in [0.1, 0.15) is 77.6 Å². The van der Waals surface area contributed by atoms with Crippen molar-refractivity contribution in [2.45, 2.75) is 83.7 Å². The van der Waals surface area contributed by atoms with Crippen LogP contribution < -0.4 is 0 Å². The molecule has 0 saturated heterocycles. The van der Waals surface area contributed by atoms with Gasteiger partial charge in [-0.15, -0.1) is 0 Å². The first-order valence-electron chi connectivity index (χ1n) is 8.72. The van der Waals surface area contributed by atoms with Crippen LogP contribution in [-0.4, -0.2) is 17.0 Å². The molecular weight excluding hydrogens is 248 g/mol. The fraction of sp³-hybridized carbons (Fsp3) is 0.889. The second-order valence-electron chi connectivity index (χ2n) is 6.93. The molecule has 0 spiro atoms. The highest BCUT2D eigenvalue weighted by atomic mass is 16.3. The van der Waals surface area contributed by atoms with Gasteiger partial charge in [0.05, 0.1) is 6.10 Å². The summed E-state index contributed by atoms with van der Waals surface area (Å²) in [6, 6.07) is 0. The van der Waals surface area contributed by atoms with E-state index in [9.17, 15) is 9.90 Å². The van der Waals surface area contributed by atoms with Crippen LogP contribution in [0, 0.1) is 24.2 Å². The van der Waals surface area contributed by atoms with Gasteiger partial charge in [0, 0.05) is 12.8 Å². The molecule has 0 bridgehead atoms. The summed E-state index contributed by atoms with van der Waals surface area (Å²) in [6.07, 6.45) is 14.5. The van der Waals surface area contributed by atoms with Crippen LogP contribution in [0.5, 0.6) is 0 Å². The van der Waals surface area contributed by atoms with Crippen molar-refractivity contribution < 1.29 is 9.90 Å². The highest BCUT2D eigenvalue weighted by Crippen LogP contribution is 2.35. The molecule has 1 radical (unpaired) electrons. The molecule has 115 valence electrons. The molecule has 2 nitrogen and oxygen atoms in total. The van der Waals surface area contributed by atoms with E-state index in [0.29, 0.717) is 11.7 Å². The standard InChI is InChI=1S/C18H31O2/c1-2-15(16-8-12-18(20)13-9-16)5-3-4-14-6-10-17(19)11-7-14/h4,14-16,18,20H,2-3,5-13H2,1H3/t15-,16?,18?/m1/s1. The first-order valence-corrected chi connectivity index (χ1v) is 8.72. The molecule has 0 heterocycles. The lowest BCUT2D eigenvalue weighted by atomic mass is 9.75. The van der Waals surface area contributed by atoms with Crippen molar-refractivity contribution in [1.29, 1.82) is 0 Å². The van der Waals surface area contributed by atoms with Crippen LogP contribution in [0.15, 0.2) is 0 Å². The number of carbonyl (C=O) groups is 1. The molecule has 2 saturated carbocycles. The number of hydrogen-bond donors (Lipinski definition) is 1. The average molecular weight is 279 g/mol. The molecule has 2 rings (SSSR count). The number of ketones is 1. The van der Waals surface area contributed by atoms with E-state index in [-0.39, 0.29) is 6.10 Å². The number of aliphatic hydroxyl groups excluding tert-OH is 1. The monoisotopic (exact) mass is 279 g/mol. The fourth-order valence-electron chi connectivity index (χ4n) is 4.09. The predicted octanol–water partition coefficient (Wildman–Crippen LogP) is 4.31. The van der Waals surface area contributed by atoms with Crippen molar-refractivity contribution in [2.24, 2.45) is 17.8 Å². The van der Waals surface area contributed by atoms with Crippen molar-refractivity contribution in [3.8, 4) is 0 Å². The Kier molecular flexibility index (Phi) is 6.54. The molecule has 0 aromatic heterocycles. The topological polar surface area (TPSA) is 37.3 Å². The van der Waals surface area contributed by atoms with Gasteiger partial charge in [-0.2, -0.15) is 0 Å². The van der Waals surface area contributed by atoms with E-state index in [4.69, 9.17) is 0 Å². The zero-order valence-electron chi connectivity index (χ0n) is 13.0. The first kappa shape index (κ1) is 16.0. The van der Waals surface area contributed by atoms with Crippen LogP contribution in [0.3, 0.4) is 0 Å². The third kappa shape index (κ3) is 4.87. The van der Waals surface area contributed by atoms with Gasteiger partial charge in [0.1, 0.15) is 5.78 Å². The van der Waals surface area contributed by atoms with E-state index < -0.39 is 0 Å². The van der Waals surface area contributed by atoms with E-state index in [0.717, 1.165) is 50.4 Å². The Morgan fingerprint density at radius 2 is 1.80 bits per heavy atom. The number of Topliss-reactive ketones (excluding diaryl/α,β-unsaturated/α-hetero) is 1. The smallest absolute Gasteiger partial charge is 0.132 e. The molecule has 1 N–H and O–H groups in total. The summed E-state index contributed by atoms with van der Waals surface area (Å²) in [6.45, 7) is 2.31. The molecule has 2 heteroatoms. The van der Waals surface area contributed by atoms with E-state index in [2.05, 4.69) is 13.3 Å². The number of carbonyl (C=O) groups excluding carboxylic acids is 1. The lowest BCUT2D eigenvalue weighted by Crippen LogP contribution is -2.24. The summed E-state index contributed by atoms with van der Waals surface area (Å²) >= 11 is 0. The Morgan fingerprint density at radius 1 is 1.15 bits per heavy atom. The first-order chi connectivity index (χ1) is 9.69. The molecule has 20 heavy (non-hydrogen) atoms. The minimum Gasteiger partial charge on any atom is -0.393 e. The third-order valence-corrected chi connectivity index (χ3v) is 5.56. The summed E-state index contributed by atoms with van der Waals surface area (Å²) in [4.78, 5) is 11.2. The Labute approximate surface area is 124 Å². The Balaban J connectivity index is 1.64. The SMILES string of the molecule is CC[C@H](CC[CH]C1CCC(=O)CC1)C1CCC(O)CC1. The Bertz CT molecular complexity index is 282. The van der Waals surface area contributed by atoms with Crippen molar-refractivity contribution in [2.75, 3.05) is 0 Å². The maximum atomic E-state index is 11.2. The van der Waals surface area contributed by atoms with E-state index in [1.165, 1.54) is 32.1 Å². The van der Waals surface area contributed by atoms with E-state index in [1.807, 2.05) is 0 Å². The van der Waals surface area contributed by atoms with Gasteiger partial charge < -0.3 is 5.11 Å². The van der Waals surface area contributed by atoms with Crippen LogP contribution >= 0.6 is 0 Å². The fourth-order valence-corrected chi connectivity index (χ4v) is 4.09. The third-order valence-electron chi connectivity index (χ3n) is 5.56. The molecule has 0 aromatic rings. The van der Waals surface area contributed by atoms with Crippen molar-refractivity contribution in [3.63, 3.8) is 0 Å². The highest BCUT2D eigenvalue weighted by Gasteiger charge is 2.26. The lowest BCUT2D eigenvalue weighted by molar-refractivity contribution is -0.120. The van der Waals surface area contributed by atoms with Gasteiger partial charge in [-0.25, -0.2) is 0 Å². The highest BCUT2D eigenvalue weighted by molar-refractivity contribution is 5.79. The largest absolute Gasteiger partial charge is 0.393 e. The van der Waals surface area contributed by atoms with Gasteiger partial charge in [0.2, 0.25) is 0 Å². The normalized spacial score (nSPS) is 30.4. The van der Waals surface area contributed by atoms with Gasteiger partial charge in [-0.3, -0.25) is 4.79 Å². The van der Waals surface area contributed by atoms with Crippen LogP contribution in [0.2, 0.25) is 0 Å². The van der Waals surface area contributed by atoms with Gasteiger partial charge in [0.25, 0.3) is 0 Å². The molecule has 1 atom stereocenters. The molecule has 0 aliphatic heterocycles. The van der Waals surface area contributed by atoms with Crippen molar-refractivity contribution >= 4 is 5.78 Å². The van der Waals surface area contributed by atoms with Gasteiger partial charge >= 0.3 is 0 Å². The summed E-state index contributed by atoms with van der Waals surface area (Å²) < 4.78 is 0. The molecule has 2 fully saturated rings. The molecule has 2 aliphatic rings. The van der Waals surface area contributed by atoms with E-state index in [1.54, 1.807) is 0 Å². The molecule has 0 amide bonds. The number of aliphatic hydroxyl groups is 1. The number of rotatable bonds is 6. The maximum Gasteiger partial charge on any atom is 0.132 e. The Morgan fingerprint density at radius 3 is 2.40 bits per heavy atom. The van der Waals surface area contributed by atoms with Gasteiger partial charge in [0.15, 0.2) is 0 Å². The summed E-state index contributed by atoms with van der Waals surface area (Å²) in [7, 11) is 0. The summed E-state index contributed by atoms with van der Waals surface area (Å²) in [5.41, 5.74) is 0. The second-order valence-corrected chi connectivity index (χ2v) is 6.93. The molecular formula is C18H31O2. The molecule has 0 aromatic carbocycles. The zero-order chi connectivity index (χ0) is 14.4. The minimum atomic E-state index is -0.0323.